The maximum Gasteiger partial charge on any atom is 0.416 e. The third-order valence-corrected chi connectivity index (χ3v) is 1.67. The van der Waals surface area contributed by atoms with Crippen LogP contribution < -0.4 is 5.32 Å². The first-order valence-corrected chi connectivity index (χ1v) is 4.82. The molecule has 0 aromatic rings. The van der Waals surface area contributed by atoms with Crippen LogP contribution in [0.1, 0.15) is 20.8 Å². The maximum absolute atomic E-state index is 12.7. The number of rotatable bonds is 4. The van der Waals surface area contributed by atoms with Gasteiger partial charge in [0.1, 0.15) is 0 Å². The van der Waals surface area contributed by atoms with Crippen molar-refractivity contribution in [3.05, 3.63) is 0 Å². The Bertz CT molecular complexity index is 262. The minimum absolute atomic E-state index is 1.01. The molecule has 8 heteroatoms. The standard InChI is InChI=1S/C9H16F3NO4/c1-8(2,3)17-6(9(10,11)12)5(4-14)13-7(15)16/h5-6,13-14H,4H2,1-3H3,(H,15,16)/t5?,6-/m0/s1. The largest absolute Gasteiger partial charge is 0.465 e. The Morgan fingerprint density at radius 3 is 2.06 bits per heavy atom. The minimum atomic E-state index is -4.77. The lowest BCUT2D eigenvalue weighted by atomic mass is 10.1. The summed E-state index contributed by atoms with van der Waals surface area (Å²) in [6.45, 7) is 3.20. The molecule has 102 valence electrons. The van der Waals surface area contributed by atoms with E-state index >= 15 is 0 Å². The van der Waals surface area contributed by atoms with Gasteiger partial charge in [0.2, 0.25) is 0 Å². The zero-order chi connectivity index (χ0) is 13.9. The highest BCUT2D eigenvalue weighted by Crippen LogP contribution is 2.29. The van der Waals surface area contributed by atoms with Gasteiger partial charge in [0.15, 0.2) is 6.10 Å². The van der Waals surface area contributed by atoms with Gasteiger partial charge >= 0.3 is 12.3 Å². The molecular formula is C9H16F3NO4. The van der Waals surface area contributed by atoms with Crippen molar-refractivity contribution in [2.24, 2.45) is 0 Å². The van der Waals surface area contributed by atoms with Crippen LogP contribution in [0.2, 0.25) is 0 Å². The van der Waals surface area contributed by atoms with Crippen LogP contribution in [0.4, 0.5) is 18.0 Å². The summed E-state index contributed by atoms with van der Waals surface area (Å²) < 4.78 is 42.8. The summed E-state index contributed by atoms with van der Waals surface area (Å²) in [6, 6.07) is -1.76. The van der Waals surface area contributed by atoms with E-state index in [0.717, 1.165) is 0 Å². The Kier molecular flexibility index (Phi) is 5.21. The quantitative estimate of drug-likeness (QED) is 0.712. The molecule has 0 aliphatic rings. The molecule has 0 rings (SSSR count). The molecule has 0 aliphatic heterocycles. The lowest BCUT2D eigenvalue weighted by Crippen LogP contribution is -2.55. The summed E-state index contributed by atoms with van der Waals surface area (Å²) in [5.74, 6) is 0. The van der Waals surface area contributed by atoms with Crippen molar-refractivity contribution < 1.29 is 32.9 Å². The van der Waals surface area contributed by atoms with Crippen LogP contribution in [0.5, 0.6) is 0 Å². The average Bonchev–Trinajstić information content (AvgIpc) is 2.07. The molecule has 0 spiro atoms. The summed E-state index contributed by atoms with van der Waals surface area (Å²) in [4.78, 5) is 10.3. The molecule has 1 unspecified atom stereocenters. The third kappa shape index (κ3) is 6.32. The average molecular weight is 259 g/mol. The lowest BCUT2D eigenvalue weighted by Gasteiger charge is -2.33. The van der Waals surface area contributed by atoms with Crippen LogP contribution in [0, 0.1) is 0 Å². The van der Waals surface area contributed by atoms with Crippen molar-refractivity contribution in [3.63, 3.8) is 0 Å². The van der Waals surface area contributed by atoms with Gasteiger partial charge in [0, 0.05) is 0 Å². The molecule has 0 aromatic carbocycles. The second-order valence-electron chi connectivity index (χ2n) is 4.43. The van der Waals surface area contributed by atoms with Crippen molar-refractivity contribution in [1.29, 1.82) is 0 Å². The third-order valence-electron chi connectivity index (χ3n) is 1.67. The molecule has 0 saturated carbocycles. The molecule has 0 aromatic heterocycles. The number of hydrogen-bond acceptors (Lipinski definition) is 3. The number of alkyl halides is 3. The molecule has 0 radical (unpaired) electrons. The van der Waals surface area contributed by atoms with Gasteiger partial charge < -0.3 is 20.3 Å². The van der Waals surface area contributed by atoms with Crippen molar-refractivity contribution in [2.45, 2.75) is 44.7 Å². The van der Waals surface area contributed by atoms with Gasteiger partial charge in [-0.2, -0.15) is 13.2 Å². The topological polar surface area (TPSA) is 78.8 Å². The Morgan fingerprint density at radius 2 is 1.82 bits per heavy atom. The first kappa shape index (κ1) is 16.0. The van der Waals surface area contributed by atoms with Crippen LogP contribution in [-0.4, -0.2) is 46.8 Å². The first-order valence-electron chi connectivity index (χ1n) is 4.82. The van der Waals surface area contributed by atoms with E-state index in [1.807, 2.05) is 0 Å². The van der Waals surface area contributed by atoms with Gasteiger partial charge in [-0.25, -0.2) is 4.79 Å². The van der Waals surface area contributed by atoms with E-state index in [-0.39, 0.29) is 0 Å². The summed E-state index contributed by atoms with van der Waals surface area (Å²) >= 11 is 0. The van der Waals surface area contributed by atoms with Crippen molar-refractivity contribution in [3.8, 4) is 0 Å². The molecular weight excluding hydrogens is 243 g/mol. The lowest BCUT2D eigenvalue weighted by molar-refractivity contribution is -0.255. The summed E-state index contributed by atoms with van der Waals surface area (Å²) in [7, 11) is 0. The van der Waals surface area contributed by atoms with Crippen LogP contribution in [0.25, 0.3) is 0 Å². The van der Waals surface area contributed by atoms with E-state index in [2.05, 4.69) is 0 Å². The van der Waals surface area contributed by atoms with Gasteiger partial charge in [0.25, 0.3) is 0 Å². The molecule has 2 atom stereocenters. The first-order chi connectivity index (χ1) is 7.47. The highest BCUT2D eigenvalue weighted by Gasteiger charge is 2.48. The van der Waals surface area contributed by atoms with E-state index in [1.165, 1.54) is 20.8 Å². The van der Waals surface area contributed by atoms with Crippen LogP contribution in [0.15, 0.2) is 0 Å². The fraction of sp³-hybridized carbons (Fsp3) is 0.889. The van der Waals surface area contributed by atoms with E-state index < -0.39 is 36.6 Å². The van der Waals surface area contributed by atoms with Crippen LogP contribution in [-0.2, 0) is 4.74 Å². The molecule has 0 aliphatic carbocycles. The predicted octanol–water partition coefficient (Wildman–Crippen LogP) is 1.36. The van der Waals surface area contributed by atoms with Crippen molar-refractivity contribution in [2.75, 3.05) is 6.61 Å². The van der Waals surface area contributed by atoms with Gasteiger partial charge in [-0.15, -0.1) is 0 Å². The Hall–Kier alpha value is -1.02. The fourth-order valence-electron chi connectivity index (χ4n) is 1.13. The molecule has 17 heavy (non-hydrogen) atoms. The molecule has 0 heterocycles. The molecule has 0 saturated heterocycles. The number of carbonyl (C=O) groups is 1. The highest BCUT2D eigenvalue weighted by molar-refractivity contribution is 5.65. The SMILES string of the molecule is CC(C)(C)O[C@@H](C(CO)NC(=O)O)C(F)(F)F. The van der Waals surface area contributed by atoms with E-state index in [9.17, 15) is 18.0 Å². The monoisotopic (exact) mass is 259 g/mol. The predicted molar refractivity (Wildman–Crippen MR) is 52.7 cm³/mol. The van der Waals surface area contributed by atoms with Gasteiger partial charge in [0.05, 0.1) is 18.2 Å². The van der Waals surface area contributed by atoms with E-state index in [1.54, 1.807) is 5.32 Å². The van der Waals surface area contributed by atoms with Crippen LogP contribution in [0.3, 0.4) is 0 Å². The molecule has 5 nitrogen and oxygen atoms in total. The number of ether oxygens (including phenoxy) is 1. The van der Waals surface area contributed by atoms with Crippen molar-refractivity contribution in [1.82, 2.24) is 5.32 Å². The number of carboxylic acid groups (broad SMARTS) is 1. The molecule has 1 amide bonds. The molecule has 3 N–H and O–H groups in total. The summed E-state index contributed by atoms with van der Waals surface area (Å²) in [5, 5.41) is 18.8. The number of aliphatic hydroxyl groups excluding tert-OH is 1. The smallest absolute Gasteiger partial charge is 0.416 e. The number of halogens is 3. The van der Waals surface area contributed by atoms with E-state index in [0.29, 0.717) is 0 Å². The zero-order valence-corrected chi connectivity index (χ0v) is 9.71. The second-order valence-corrected chi connectivity index (χ2v) is 4.43. The van der Waals surface area contributed by atoms with E-state index in [4.69, 9.17) is 14.9 Å². The second kappa shape index (κ2) is 5.54. The molecule has 0 fully saturated rings. The van der Waals surface area contributed by atoms with Gasteiger partial charge in [-0.3, -0.25) is 0 Å². The summed E-state index contributed by atoms with van der Waals surface area (Å²) in [6.07, 6.45) is -8.83. The van der Waals surface area contributed by atoms with Gasteiger partial charge in [-0.1, -0.05) is 0 Å². The number of aliphatic hydroxyl groups is 1. The number of amides is 1. The Labute approximate surface area is 96.6 Å². The summed E-state index contributed by atoms with van der Waals surface area (Å²) in [5.41, 5.74) is -1.12. The molecule has 0 bridgehead atoms. The number of nitrogens with one attached hydrogen (secondary N) is 1. The fourth-order valence-corrected chi connectivity index (χ4v) is 1.13. The normalized spacial score (nSPS) is 16.4. The zero-order valence-electron chi connectivity index (χ0n) is 9.71. The highest BCUT2D eigenvalue weighted by atomic mass is 19.4. The van der Waals surface area contributed by atoms with Crippen LogP contribution >= 0.6 is 0 Å². The van der Waals surface area contributed by atoms with Crippen molar-refractivity contribution >= 4 is 6.09 Å². The number of hydrogen-bond donors (Lipinski definition) is 3. The Morgan fingerprint density at radius 1 is 1.35 bits per heavy atom. The Balaban J connectivity index is 4.95. The van der Waals surface area contributed by atoms with Gasteiger partial charge in [-0.05, 0) is 20.8 Å². The minimum Gasteiger partial charge on any atom is -0.465 e. The maximum atomic E-state index is 12.7.